The van der Waals surface area contributed by atoms with Gasteiger partial charge in [-0.15, -0.1) is 24.0 Å². The van der Waals surface area contributed by atoms with Crippen LogP contribution in [-0.4, -0.2) is 80.0 Å². The van der Waals surface area contributed by atoms with E-state index in [1.54, 1.807) is 20.9 Å². The number of likely N-dealkylation sites (tertiary alicyclic amines) is 1. The fourth-order valence-electron chi connectivity index (χ4n) is 3.79. The maximum absolute atomic E-state index is 12.2. The molecule has 0 spiro atoms. The molecule has 2 aliphatic rings. The maximum atomic E-state index is 12.2. The van der Waals surface area contributed by atoms with E-state index in [0.717, 1.165) is 19.0 Å². The first kappa shape index (κ1) is 23.0. The molecule has 0 amide bonds. The summed E-state index contributed by atoms with van der Waals surface area (Å²) in [5.74, 6) is 1.01. The van der Waals surface area contributed by atoms with Crippen molar-refractivity contribution in [2.24, 2.45) is 4.99 Å². The standard InChI is InChI=1S/C17H34N4O2S.HI/c1-14-8-6-7-9-21(14)15(2)12-19-16(18-5)20-10-11-24(22,23)17(3,4)13-20;/h14-15H,6-13H2,1-5H3,(H,18,19);1H. The molecule has 0 radical (unpaired) electrons. The predicted octanol–water partition coefficient (Wildman–Crippen LogP) is 1.95. The third-order valence-corrected chi connectivity index (χ3v) is 8.06. The molecule has 0 bridgehead atoms. The van der Waals surface area contributed by atoms with Crippen molar-refractivity contribution in [1.29, 1.82) is 0 Å². The van der Waals surface area contributed by atoms with Gasteiger partial charge in [0.05, 0.1) is 10.5 Å². The quantitative estimate of drug-likeness (QED) is 0.376. The minimum atomic E-state index is -3.02. The Labute approximate surface area is 170 Å². The summed E-state index contributed by atoms with van der Waals surface area (Å²) in [6.45, 7) is 11.2. The summed E-state index contributed by atoms with van der Waals surface area (Å²) >= 11 is 0. The highest BCUT2D eigenvalue weighted by Gasteiger charge is 2.41. The fraction of sp³-hybridized carbons (Fsp3) is 0.941. The minimum absolute atomic E-state index is 0. The van der Waals surface area contributed by atoms with E-state index in [4.69, 9.17) is 0 Å². The van der Waals surface area contributed by atoms with Crippen LogP contribution in [0.25, 0.3) is 0 Å². The number of hydrogen-bond donors (Lipinski definition) is 1. The minimum Gasteiger partial charge on any atom is -0.355 e. The van der Waals surface area contributed by atoms with Crippen LogP contribution in [0.4, 0.5) is 0 Å². The summed E-state index contributed by atoms with van der Waals surface area (Å²) in [5.41, 5.74) is 0. The third kappa shape index (κ3) is 5.45. The van der Waals surface area contributed by atoms with Gasteiger partial charge in [0.15, 0.2) is 15.8 Å². The molecule has 25 heavy (non-hydrogen) atoms. The van der Waals surface area contributed by atoms with Crippen LogP contribution < -0.4 is 5.32 Å². The highest BCUT2D eigenvalue weighted by molar-refractivity contribution is 14.0. The maximum Gasteiger partial charge on any atom is 0.193 e. The van der Waals surface area contributed by atoms with E-state index >= 15 is 0 Å². The van der Waals surface area contributed by atoms with Crippen molar-refractivity contribution in [3.63, 3.8) is 0 Å². The molecule has 0 aromatic carbocycles. The second kappa shape index (κ2) is 9.21. The Hall–Kier alpha value is -0.0900. The van der Waals surface area contributed by atoms with Gasteiger partial charge in [0.1, 0.15) is 0 Å². The number of aliphatic imine (C=N–C) groups is 1. The number of guanidine groups is 1. The van der Waals surface area contributed by atoms with Crippen LogP contribution in [0, 0.1) is 0 Å². The van der Waals surface area contributed by atoms with Crippen LogP contribution in [0.1, 0.15) is 47.0 Å². The van der Waals surface area contributed by atoms with Crippen molar-refractivity contribution in [1.82, 2.24) is 15.1 Å². The van der Waals surface area contributed by atoms with E-state index < -0.39 is 14.6 Å². The Kier molecular flexibility index (Phi) is 8.46. The number of rotatable bonds is 3. The van der Waals surface area contributed by atoms with Crippen molar-refractivity contribution >= 4 is 39.8 Å². The summed E-state index contributed by atoms with van der Waals surface area (Å²) in [4.78, 5) is 9.02. The van der Waals surface area contributed by atoms with Gasteiger partial charge >= 0.3 is 0 Å². The monoisotopic (exact) mass is 486 g/mol. The molecule has 6 nitrogen and oxygen atoms in total. The average Bonchev–Trinajstić information content (AvgIpc) is 2.51. The molecular formula is C17H35IN4O2S. The molecule has 2 aliphatic heterocycles. The first-order valence-electron chi connectivity index (χ1n) is 9.11. The topological polar surface area (TPSA) is 65.0 Å². The average molecular weight is 486 g/mol. The van der Waals surface area contributed by atoms with Crippen molar-refractivity contribution < 1.29 is 8.42 Å². The van der Waals surface area contributed by atoms with E-state index in [9.17, 15) is 8.42 Å². The van der Waals surface area contributed by atoms with Gasteiger partial charge in [0.2, 0.25) is 0 Å². The Morgan fingerprint density at radius 1 is 1.32 bits per heavy atom. The Morgan fingerprint density at radius 3 is 2.56 bits per heavy atom. The van der Waals surface area contributed by atoms with Gasteiger partial charge in [-0.2, -0.15) is 0 Å². The largest absolute Gasteiger partial charge is 0.355 e. The van der Waals surface area contributed by atoms with Gasteiger partial charge in [-0.25, -0.2) is 8.42 Å². The van der Waals surface area contributed by atoms with Crippen LogP contribution in [0.15, 0.2) is 4.99 Å². The lowest BCUT2D eigenvalue weighted by Gasteiger charge is -2.41. The molecule has 8 heteroatoms. The molecule has 0 aromatic rings. The lowest BCUT2D eigenvalue weighted by Crippen LogP contribution is -2.58. The zero-order chi connectivity index (χ0) is 18.0. The molecule has 2 heterocycles. The van der Waals surface area contributed by atoms with Crippen LogP contribution >= 0.6 is 24.0 Å². The fourth-order valence-corrected chi connectivity index (χ4v) is 5.15. The Morgan fingerprint density at radius 2 is 2.00 bits per heavy atom. The Bertz CT molecular complexity index is 565. The molecule has 2 fully saturated rings. The lowest BCUT2D eigenvalue weighted by molar-refractivity contribution is 0.115. The first-order chi connectivity index (χ1) is 11.2. The smallest absolute Gasteiger partial charge is 0.193 e. The van der Waals surface area contributed by atoms with Crippen LogP contribution in [0.2, 0.25) is 0 Å². The summed E-state index contributed by atoms with van der Waals surface area (Å²) in [6.07, 6.45) is 3.88. The highest BCUT2D eigenvalue weighted by Crippen LogP contribution is 2.24. The molecule has 1 N–H and O–H groups in total. The van der Waals surface area contributed by atoms with E-state index in [0.29, 0.717) is 25.2 Å². The van der Waals surface area contributed by atoms with Crippen molar-refractivity contribution in [3.8, 4) is 0 Å². The van der Waals surface area contributed by atoms with Gasteiger partial charge in [0.25, 0.3) is 0 Å². The van der Waals surface area contributed by atoms with E-state index in [1.807, 2.05) is 0 Å². The zero-order valence-corrected chi connectivity index (χ0v) is 19.4. The number of hydrogen-bond acceptors (Lipinski definition) is 4. The number of sulfone groups is 1. The molecular weight excluding hydrogens is 451 g/mol. The molecule has 0 saturated carbocycles. The molecule has 0 aliphatic carbocycles. The van der Waals surface area contributed by atoms with Crippen LogP contribution in [0.5, 0.6) is 0 Å². The highest BCUT2D eigenvalue weighted by atomic mass is 127. The van der Waals surface area contributed by atoms with Gasteiger partial charge in [-0.05, 0) is 47.1 Å². The van der Waals surface area contributed by atoms with Crippen LogP contribution in [0.3, 0.4) is 0 Å². The summed E-state index contributed by atoms with van der Waals surface area (Å²) in [5, 5.41) is 3.46. The first-order valence-corrected chi connectivity index (χ1v) is 10.8. The summed E-state index contributed by atoms with van der Waals surface area (Å²) in [6, 6.07) is 1.08. The van der Waals surface area contributed by atoms with Crippen molar-refractivity contribution in [2.75, 3.05) is 39.0 Å². The second-order valence-electron chi connectivity index (χ2n) is 7.86. The second-order valence-corrected chi connectivity index (χ2v) is 10.6. The van der Waals surface area contributed by atoms with Crippen molar-refractivity contribution in [3.05, 3.63) is 0 Å². The van der Waals surface area contributed by atoms with E-state index in [-0.39, 0.29) is 29.7 Å². The zero-order valence-electron chi connectivity index (χ0n) is 16.3. The SMILES string of the molecule is CN=C(NCC(C)N1CCCCC1C)N1CCS(=O)(=O)C(C)(C)C1.I. The molecule has 2 saturated heterocycles. The van der Waals surface area contributed by atoms with Gasteiger partial charge in [0, 0.05) is 38.8 Å². The summed E-state index contributed by atoms with van der Waals surface area (Å²) in [7, 11) is -1.25. The van der Waals surface area contributed by atoms with Crippen molar-refractivity contribution in [2.45, 2.75) is 63.8 Å². The normalized spacial score (nSPS) is 28.1. The van der Waals surface area contributed by atoms with Gasteiger partial charge in [-0.3, -0.25) is 9.89 Å². The molecule has 2 atom stereocenters. The number of nitrogens with zero attached hydrogens (tertiary/aromatic N) is 3. The van der Waals surface area contributed by atoms with Crippen LogP contribution in [-0.2, 0) is 9.84 Å². The van der Waals surface area contributed by atoms with Gasteiger partial charge in [-0.1, -0.05) is 6.42 Å². The number of halogens is 1. The molecule has 148 valence electrons. The third-order valence-electron chi connectivity index (χ3n) is 5.53. The Balaban J connectivity index is 0.00000312. The van der Waals surface area contributed by atoms with E-state index in [2.05, 4.69) is 34.0 Å². The molecule has 2 unspecified atom stereocenters. The number of nitrogens with one attached hydrogen (secondary N) is 1. The number of piperidine rings is 1. The van der Waals surface area contributed by atoms with E-state index in [1.165, 1.54) is 19.3 Å². The molecule has 0 aromatic heterocycles. The van der Waals surface area contributed by atoms with Gasteiger partial charge < -0.3 is 10.2 Å². The lowest BCUT2D eigenvalue weighted by atomic mass is 10.0. The summed E-state index contributed by atoms with van der Waals surface area (Å²) < 4.78 is 23.6. The molecule has 2 rings (SSSR count). The predicted molar refractivity (Wildman–Crippen MR) is 116 cm³/mol.